The second kappa shape index (κ2) is 6.30. The number of aromatic nitrogens is 1. The van der Waals surface area contributed by atoms with Gasteiger partial charge in [-0.15, -0.1) is 0 Å². The molecule has 1 unspecified atom stereocenters. The van der Waals surface area contributed by atoms with Gasteiger partial charge in [-0.05, 0) is 12.5 Å². The molecule has 0 aliphatic heterocycles. The molecule has 18 heavy (non-hydrogen) atoms. The van der Waals surface area contributed by atoms with Crippen molar-refractivity contribution in [1.82, 2.24) is 9.88 Å². The zero-order chi connectivity index (χ0) is 13.7. The van der Waals surface area contributed by atoms with E-state index in [9.17, 15) is 14.9 Å². The highest BCUT2D eigenvalue weighted by atomic mass is 16.6. The molecule has 0 spiro atoms. The van der Waals surface area contributed by atoms with E-state index in [1.165, 1.54) is 12.3 Å². The van der Waals surface area contributed by atoms with Crippen LogP contribution in [-0.2, 0) is 6.54 Å². The van der Waals surface area contributed by atoms with Crippen molar-refractivity contribution in [1.29, 1.82) is 0 Å². The zero-order valence-electron chi connectivity index (χ0n) is 10.9. The molecule has 1 atom stereocenters. The lowest BCUT2D eigenvalue weighted by Gasteiger charge is -2.16. The second-order valence-electron chi connectivity index (χ2n) is 4.82. The Hall–Kier alpha value is -1.69. The van der Waals surface area contributed by atoms with Crippen molar-refractivity contribution in [3.8, 4) is 0 Å². The van der Waals surface area contributed by atoms with Crippen LogP contribution >= 0.6 is 0 Å². The Bertz CT molecular complexity index is 468. The highest BCUT2D eigenvalue weighted by Crippen LogP contribution is 2.05. The van der Waals surface area contributed by atoms with Gasteiger partial charge in [-0.1, -0.05) is 20.8 Å². The lowest BCUT2D eigenvalue weighted by molar-refractivity contribution is -0.386. The van der Waals surface area contributed by atoms with E-state index in [4.69, 9.17) is 0 Å². The maximum Gasteiger partial charge on any atom is 0.332 e. The van der Waals surface area contributed by atoms with Gasteiger partial charge in [0.2, 0.25) is 0 Å². The third kappa shape index (κ3) is 4.29. The molecule has 1 N–H and O–H groups in total. The Morgan fingerprint density at radius 2 is 2.11 bits per heavy atom. The number of pyridine rings is 1. The van der Waals surface area contributed by atoms with Crippen LogP contribution in [0, 0.1) is 16.0 Å². The Kier molecular flexibility index (Phi) is 5.03. The quantitative estimate of drug-likeness (QED) is 0.614. The summed E-state index contributed by atoms with van der Waals surface area (Å²) in [7, 11) is 0. The Labute approximate surface area is 106 Å². The van der Waals surface area contributed by atoms with Gasteiger partial charge in [-0.2, -0.15) is 0 Å². The fraction of sp³-hybridized carbons (Fsp3) is 0.583. The average Bonchev–Trinajstić information content (AvgIpc) is 2.28. The molecule has 0 aromatic carbocycles. The highest BCUT2D eigenvalue weighted by Gasteiger charge is 2.12. The molecule has 0 amide bonds. The van der Waals surface area contributed by atoms with Crippen LogP contribution in [0.2, 0.25) is 0 Å². The van der Waals surface area contributed by atoms with Gasteiger partial charge in [0.15, 0.2) is 0 Å². The number of hydrogen-bond acceptors (Lipinski definition) is 4. The van der Waals surface area contributed by atoms with E-state index in [-0.39, 0.29) is 5.69 Å². The number of rotatable bonds is 6. The lowest BCUT2D eigenvalue weighted by Crippen LogP contribution is -2.29. The third-order valence-corrected chi connectivity index (χ3v) is 2.55. The first-order chi connectivity index (χ1) is 8.40. The lowest BCUT2D eigenvalue weighted by atomic mass is 10.1. The van der Waals surface area contributed by atoms with E-state index in [0.717, 1.165) is 6.54 Å². The number of hydrogen-bond donors (Lipinski definition) is 1. The molecule has 0 saturated carbocycles. The molecule has 1 heterocycles. The number of nitrogens with one attached hydrogen (secondary N) is 1. The summed E-state index contributed by atoms with van der Waals surface area (Å²) in [5, 5.41) is 14.0. The molecular weight excluding hydrogens is 234 g/mol. The number of nitro groups is 1. The summed E-state index contributed by atoms with van der Waals surface area (Å²) >= 11 is 0. The molecule has 1 rings (SSSR count). The minimum Gasteiger partial charge on any atom is -0.348 e. The summed E-state index contributed by atoms with van der Waals surface area (Å²) in [6.07, 6.45) is 2.88. The van der Waals surface area contributed by atoms with Crippen molar-refractivity contribution in [2.75, 3.05) is 6.54 Å². The molecule has 0 fully saturated rings. The monoisotopic (exact) mass is 253 g/mol. The van der Waals surface area contributed by atoms with Crippen LogP contribution in [0.1, 0.15) is 20.8 Å². The molecule has 6 nitrogen and oxygen atoms in total. The van der Waals surface area contributed by atoms with E-state index in [1.54, 1.807) is 10.8 Å². The van der Waals surface area contributed by atoms with Crippen LogP contribution in [0.25, 0.3) is 0 Å². The van der Waals surface area contributed by atoms with Gasteiger partial charge in [0.1, 0.15) is 0 Å². The largest absolute Gasteiger partial charge is 0.348 e. The Morgan fingerprint density at radius 3 is 2.67 bits per heavy atom. The molecule has 0 saturated heterocycles. The molecule has 0 aliphatic rings. The van der Waals surface area contributed by atoms with E-state index < -0.39 is 10.4 Å². The standard InChI is InChI=1S/C12H19N3O3/c1-9(2)13-6-10(3)7-14-5-4-12(16)11(8-14)15(17)18/h4-5,8-10,13H,6-7H2,1-3H3. The van der Waals surface area contributed by atoms with Crippen LogP contribution in [0.5, 0.6) is 0 Å². The van der Waals surface area contributed by atoms with Crippen molar-refractivity contribution >= 4 is 5.69 Å². The van der Waals surface area contributed by atoms with Gasteiger partial charge < -0.3 is 9.88 Å². The molecule has 1 aromatic heterocycles. The van der Waals surface area contributed by atoms with Crippen LogP contribution in [0.15, 0.2) is 23.3 Å². The Morgan fingerprint density at radius 1 is 1.44 bits per heavy atom. The van der Waals surface area contributed by atoms with Crippen LogP contribution < -0.4 is 10.7 Å². The van der Waals surface area contributed by atoms with E-state index in [1.807, 2.05) is 0 Å². The van der Waals surface area contributed by atoms with E-state index in [2.05, 4.69) is 26.1 Å². The fourth-order valence-electron chi connectivity index (χ4n) is 1.62. The highest BCUT2D eigenvalue weighted by molar-refractivity contribution is 5.25. The third-order valence-electron chi connectivity index (χ3n) is 2.55. The van der Waals surface area contributed by atoms with E-state index in [0.29, 0.717) is 18.5 Å². The summed E-state index contributed by atoms with van der Waals surface area (Å²) in [5.74, 6) is 0.328. The van der Waals surface area contributed by atoms with E-state index >= 15 is 0 Å². The van der Waals surface area contributed by atoms with Gasteiger partial charge in [0.05, 0.1) is 11.1 Å². The first kappa shape index (κ1) is 14.4. The minimum absolute atomic E-state index is 0.328. The molecule has 6 heteroatoms. The smallest absolute Gasteiger partial charge is 0.332 e. The first-order valence-corrected chi connectivity index (χ1v) is 5.98. The normalized spacial score (nSPS) is 12.7. The first-order valence-electron chi connectivity index (χ1n) is 5.98. The van der Waals surface area contributed by atoms with Crippen LogP contribution in [0.4, 0.5) is 5.69 Å². The molecule has 0 aliphatic carbocycles. The summed E-state index contributed by atoms with van der Waals surface area (Å²) in [6, 6.07) is 1.65. The van der Waals surface area contributed by atoms with Crippen molar-refractivity contribution in [3.05, 3.63) is 38.8 Å². The maximum absolute atomic E-state index is 11.2. The van der Waals surface area contributed by atoms with Crippen molar-refractivity contribution < 1.29 is 4.92 Å². The fourth-order valence-corrected chi connectivity index (χ4v) is 1.62. The van der Waals surface area contributed by atoms with Crippen molar-refractivity contribution in [2.45, 2.75) is 33.4 Å². The topological polar surface area (TPSA) is 77.2 Å². The van der Waals surface area contributed by atoms with Crippen molar-refractivity contribution in [2.24, 2.45) is 5.92 Å². The summed E-state index contributed by atoms with van der Waals surface area (Å²) < 4.78 is 1.69. The molecule has 100 valence electrons. The predicted octanol–water partition coefficient (Wildman–Crippen LogP) is 1.39. The minimum atomic E-state index is -0.643. The molecular formula is C12H19N3O3. The maximum atomic E-state index is 11.2. The van der Waals surface area contributed by atoms with Gasteiger partial charge in [0, 0.05) is 24.8 Å². The van der Waals surface area contributed by atoms with Gasteiger partial charge in [-0.25, -0.2) is 0 Å². The zero-order valence-corrected chi connectivity index (χ0v) is 10.9. The number of nitrogens with zero attached hydrogens (tertiary/aromatic N) is 2. The van der Waals surface area contributed by atoms with Gasteiger partial charge in [0.25, 0.3) is 5.43 Å². The predicted molar refractivity (Wildman–Crippen MR) is 69.7 cm³/mol. The SMILES string of the molecule is CC(CNC(C)C)Cn1ccc(=O)c([N+](=O)[O-])c1. The average molecular weight is 253 g/mol. The Balaban J connectivity index is 2.70. The van der Waals surface area contributed by atoms with Crippen LogP contribution in [0.3, 0.4) is 0 Å². The molecule has 1 aromatic rings. The molecule has 0 bridgehead atoms. The van der Waals surface area contributed by atoms with Crippen LogP contribution in [-0.4, -0.2) is 22.1 Å². The second-order valence-corrected chi connectivity index (χ2v) is 4.82. The van der Waals surface area contributed by atoms with Gasteiger partial charge >= 0.3 is 5.69 Å². The molecule has 0 radical (unpaired) electrons. The van der Waals surface area contributed by atoms with Crippen molar-refractivity contribution in [3.63, 3.8) is 0 Å². The summed E-state index contributed by atoms with van der Waals surface area (Å²) in [5.41, 5.74) is -0.925. The van der Waals surface area contributed by atoms with Gasteiger partial charge in [-0.3, -0.25) is 14.9 Å². The summed E-state index contributed by atoms with van der Waals surface area (Å²) in [4.78, 5) is 21.3. The summed E-state index contributed by atoms with van der Waals surface area (Å²) in [6.45, 7) is 7.66.